The van der Waals surface area contributed by atoms with Gasteiger partial charge in [0.15, 0.2) is 0 Å². The maximum absolute atomic E-state index is 13.3. The number of hydrogen-bond donors (Lipinski definition) is 2. The lowest BCUT2D eigenvalue weighted by Gasteiger charge is -2.16. The van der Waals surface area contributed by atoms with Crippen molar-refractivity contribution in [1.82, 2.24) is 5.43 Å². The third kappa shape index (κ3) is 2.91. The summed E-state index contributed by atoms with van der Waals surface area (Å²) in [5, 5.41) is 2.13. The lowest BCUT2D eigenvalue weighted by molar-refractivity contribution is 0.630. The van der Waals surface area contributed by atoms with E-state index >= 15 is 0 Å². The first kappa shape index (κ1) is 14.8. The number of benzene rings is 2. The minimum atomic E-state index is -0.295. The number of rotatable bonds is 3. The van der Waals surface area contributed by atoms with Crippen LogP contribution in [0.4, 0.5) is 4.39 Å². The Kier molecular flexibility index (Phi) is 4.15. The minimum Gasteiger partial charge on any atom is -0.271 e. The molecule has 1 heterocycles. The van der Waals surface area contributed by atoms with E-state index in [4.69, 9.17) is 29.0 Å². The molecule has 1 atom stereocenters. The Bertz CT molecular complexity index is 803. The van der Waals surface area contributed by atoms with Crippen molar-refractivity contribution < 1.29 is 4.39 Å². The molecule has 0 radical (unpaired) electrons. The molecule has 6 heteroatoms. The van der Waals surface area contributed by atoms with Gasteiger partial charge in [0.25, 0.3) is 0 Å². The Morgan fingerprint density at radius 2 is 1.90 bits per heavy atom. The molecule has 3 aromatic rings. The zero-order valence-corrected chi connectivity index (χ0v) is 13.1. The van der Waals surface area contributed by atoms with Gasteiger partial charge in [0.05, 0.1) is 6.04 Å². The van der Waals surface area contributed by atoms with Crippen LogP contribution in [-0.2, 0) is 0 Å². The average molecular weight is 341 g/mol. The predicted octanol–water partition coefficient (Wildman–Crippen LogP) is 4.90. The number of nitrogens with two attached hydrogens (primary N) is 1. The maximum Gasteiger partial charge on any atom is 0.124 e. The van der Waals surface area contributed by atoms with E-state index in [1.54, 1.807) is 24.3 Å². The molecule has 0 spiro atoms. The minimum absolute atomic E-state index is 0.256. The first-order valence-corrected chi connectivity index (χ1v) is 7.76. The quantitative estimate of drug-likeness (QED) is 0.525. The fourth-order valence-corrected chi connectivity index (χ4v) is 3.81. The first-order chi connectivity index (χ1) is 10.1. The van der Waals surface area contributed by atoms with Crippen LogP contribution in [0.3, 0.4) is 0 Å². The second-order valence-electron chi connectivity index (χ2n) is 4.60. The van der Waals surface area contributed by atoms with E-state index in [1.165, 1.54) is 23.5 Å². The molecule has 0 saturated carbocycles. The van der Waals surface area contributed by atoms with E-state index in [0.717, 1.165) is 20.5 Å². The number of nitrogens with one attached hydrogen (secondary N) is 1. The summed E-state index contributed by atoms with van der Waals surface area (Å²) in [6.07, 6.45) is 0. The molecular weight excluding hydrogens is 330 g/mol. The molecule has 0 saturated heterocycles. The van der Waals surface area contributed by atoms with Gasteiger partial charge >= 0.3 is 0 Å². The lowest BCUT2D eigenvalue weighted by atomic mass is 10.1. The van der Waals surface area contributed by atoms with Crippen LogP contribution in [0.2, 0.25) is 10.0 Å². The third-order valence-electron chi connectivity index (χ3n) is 3.22. The molecule has 108 valence electrons. The normalized spacial score (nSPS) is 12.8. The first-order valence-electron chi connectivity index (χ1n) is 6.18. The van der Waals surface area contributed by atoms with Crippen LogP contribution >= 0.6 is 34.5 Å². The number of fused-ring (bicyclic) bond motifs is 1. The Hall–Kier alpha value is -1.17. The van der Waals surface area contributed by atoms with Gasteiger partial charge in [-0.1, -0.05) is 29.3 Å². The second-order valence-corrected chi connectivity index (χ2v) is 6.56. The molecule has 1 aromatic heterocycles. The molecule has 0 aliphatic carbocycles. The van der Waals surface area contributed by atoms with Crippen molar-refractivity contribution in [2.45, 2.75) is 6.04 Å². The highest BCUT2D eigenvalue weighted by Gasteiger charge is 2.18. The number of hydrogen-bond acceptors (Lipinski definition) is 3. The highest BCUT2D eigenvalue weighted by atomic mass is 35.5. The summed E-state index contributed by atoms with van der Waals surface area (Å²) in [5.41, 5.74) is 3.54. The van der Waals surface area contributed by atoms with Gasteiger partial charge in [-0.15, -0.1) is 11.3 Å². The van der Waals surface area contributed by atoms with Crippen molar-refractivity contribution in [1.29, 1.82) is 0 Å². The van der Waals surface area contributed by atoms with E-state index in [0.29, 0.717) is 10.0 Å². The Morgan fingerprint density at radius 3 is 2.67 bits per heavy atom. The molecule has 2 aromatic carbocycles. The summed E-state index contributed by atoms with van der Waals surface area (Å²) in [7, 11) is 0. The third-order valence-corrected chi connectivity index (χ3v) is 4.96. The number of hydrazine groups is 1. The van der Waals surface area contributed by atoms with Gasteiger partial charge in [-0.3, -0.25) is 5.84 Å². The smallest absolute Gasteiger partial charge is 0.124 e. The molecule has 21 heavy (non-hydrogen) atoms. The Balaban J connectivity index is 2.11. The largest absolute Gasteiger partial charge is 0.271 e. The highest BCUT2D eigenvalue weighted by Crippen LogP contribution is 2.36. The van der Waals surface area contributed by atoms with Crippen LogP contribution in [0.15, 0.2) is 42.5 Å². The van der Waals surface area contributed by atoms with E-state index in [-0.39, 0.29) is 11.9 Å². The van der Waals surface area contributed by atoms with Crippen molar-refractivity contribution in [3.63, 3.8) is 0 Å². The van der Waals surface area contributed by atoms with Crippen LogP contribution in [0, 0.1) is 5.82 Å². The van der Waals surface area contributed by atoms with Crippen molar-refractivity contribution in [3.05, 3.63) is 68.8 Å². The Labute approximate surface area is 135 Å². The van der Waals surface area contributed by atoms with Crippen LogP contribution < -0.4 is 11.3 Å². The average Bonchev–Trinajstić information content (AvgIpc) is 2.86. The molecule has 2 nitrogen and oxygen atoms in total. The molecule has 0 amide bonds. The highest BCUT2D eigenvalue weighted by molar-refractivity contribution is 7.19. The molecule has 3 rings (SSSR count). The summed E-state index contributed by atoms with van der Waals surface area (Å²) in [4.78, 5) is 0.947. The van der Waals surface area contributed by atoms with E-state index in [1.807, 2.05) is 6.07 Å². The van der Waals surface area contributed by atoms with Crippen molar-refractivity contribution in [3.8, 4) is 0 Å². The number of thiophene rings is 1. The van der Waals surface area contributed by atoms with E-state index < -0.39 is 0 Å². The topological polar surface area (TPSA) is 38.0 Å². The fraction of sp³-hybridized carbons (Fsp3) is 0.0667. The molecule has 0 bridgehead atoms. The van der Waals surface area contributed by atoms with Gasteiger partial charge in [-0.2, -0.15) is 0 Å². The second kappa shape index (κ2) is 5.91. The van der Waals surface area contributed by atoms with Gasteiger partial charge in [-0.25, -0.2) is 9.82 Å². The predicted molar refractivity (Wildman–Crippen MR) is 87.4 cm³/mol. The van der Waals surface area contributed by atoms with Crippen LogP contribution in [0.25, 0.3) is 10.1 Å². The van der Waals surface area contributed by atoms with Crippen molar-refractivity contribution in [2.24, 2.45) is 5.84 Å². The number of halogens is 3. The fourth-order valence-electron chi connectivity index (χ4n) is 2.23. The molecule has 0 fully saturated rings. The lowest BCUT2D eigenvalue weighted by Crippen LogP contribution is -2.28. The SMILES string of the molecule is NNC(c1cc2ccc(F)cc2s1)c1cc(Cl)ccc1Cl. The molecule has 1 unspecified atom stereocenters. The Morgan fingerprint density at radius 1 is 1.10 bits per heavy atom. The standard InChI is InChI=1S/C15H11Cl2FN2S/c16-9-2-4-12(17)11(6-9)15(20-19)14-5-8-1-3-10(18)7-13(8)21-14/h1-7,15,20H,19H2. The van der Waals surface area contributed by atoms with Gasteiger partial charge in [0, 0.05) is 19.6 Å². The summed E-state index contributed by atoms with van der Waals surface area (Å²) in [6.45, 7) is 0. The van der Waals surface area contributed by atoms with Gasteiger partial charge in [0.1, 0.15) is 5.82 Å². The maximum atomic E-state index is 13.3. The van der Waals surface area contributed by atoms with Crippen molar-refractivity contribution >= 4 is 44.6 Å². The molecule has 0 aliphatic heterocycles. The van der Waals surface area contributed by atoms with Gasteiger partial charge in [-0.05, 0) is 47.3 Å². The zero-order chi connectivity index (χ0) is 15.0. The summed E-state index contributed by atoms with van der Waals surface area (Å²) in [6, 6.07) is 11.6. The monoisotopic (exact) mass is 340 g/mol. The van der Waals surface area contributed by atoms with Crippen molar-refractivity contribution in [2.75, 3.05) is 0 Å². The zero-order valence-electron chi connectivity index (χ0n) is 10.7. The summed E-state index contributed by atoms with van der Waals surface area (Å²) >= 11 is 13.7. The van der Waals surface area contributed by atoms with Gasteiger partial charge in [0.2, 0.25) is 0 Å². The van der Waals surface area contributed by atoms with E-state index in [2.05, 4.69) is 5.43 Å². The van der Waals surface area contributed by atoms with Crippen LogP contribution in [0.5, 0.6) is 0 Å². The van der Waals surface area contributed by atoms with Crippen LogP contribution in [0.1, 0.15) is 16.5 Å². The van der Waals surface area contributed by atoms with Crippen LogP contribution in [-0.4, -0.2) is 0 Å². The summed E-state index contributed by atoms with van der Waals surface area (Å²) < 4.78 is 14.2. The van der Waals surface area contributed by atoms with E-state index in [9.17, 15) is 4.39 Å². The molecule has 0 aliphatic rings. The van der Waals surface area contributed by atoms with Gasteiger partial charge < -0.3 is 0 Å². The molecule has 3 N–H and O–H groups in total. The summed E-state index contributed by atoms with van der Waals surface area (Å²) in [5.74, 6) is 5.43. The molecular formula is C15H11Cl2FN2S.